The molecule has 0 aliphatic carbocycles. The van der Waals surface area contributed by atoms with E-state index in [-0.39, 0.29) is 16.4 Å². The van der Waals surface area contributed by atoms with Gasteiger partial charge in [0.05, 0.1) is 28.0 Å². The van der Waals surface area contributed by atoms with Crippen LogP contribution in [0.3, 0.4) is 0 Å². The average molecular weight is 494 g/mol. The molecule has 1 N–H and O–H groups in total. The molecule has 0 aromatic heterocycles. The Morgan fingerprint density at radius 1 is 1.09 bits per heavy atom. The lowest BCUT2D eigenvalue weighted by molar-refractivity contribution is -0.121. The van der Waals surface area contributed by atoms with Gasteiger partial charge in [0.2, 0.25) is 0 Å². The molecule has 1 amide bonds. The molecular formula is C25H20FN3O3S2. The number of hydrogen-bond donors (Lipinski definition) is 1. The smallest absolute Gasteiger partial charge is 0.260 e. The minimum Gasteiger partial charge on any atom is -0.346 e. The van der Waals surface area contributed by atoms with Crippen LogP contribution in [0, 0.1) is 24.1 Å². The van der Waals surface area contributed by atoms with Gasteiger partial charge in [0, 0.05) is 6.42 Å². The number of carbonyl (C=O) groups excluding carboxylic acids is 1. The van der Waals surface area contributed by atoms with E-state index in [2.05, 4.69) is 11.4 Å². The Morgan fingerprint density at radius 3 is 2.38 bits per heavy atom. The minimum absolute atomic E-state index is 0.0685. The number of hydrogen-bond acceptors (Lipinski definition) is 5. The molecule has 1 atom stereocenters. The third-order valence-corrected chi connectivity index (χ3v) is 7.86. The van der Waals surface area contributed by atoms with E-state index in [1.165, 1.54) is 17.0 Å². The van der Waals surface area contributed by atoms with Crippen molar-refractivity contribution in [2.24, 2.45) is 0 Å². The second-order valence-electron chi connectivity index (χ2n) is 8.14. The summed E-state index contributed by atoms with van der Waals surface area (Å²) >= 11 is 5.48. The first kappa shape index (κ1) is 23.5. The Kier molecular flexibility index (Phi) is 6.21. The molecular weight excluding hydrogens is 473 g/mol. The zero-order valence-corrected chi connectivity index (χ0v) is 19.8. The van der Waals surface area contributed by atoms with Gasteiger partial charge in [-0.25, -0.2) is 12.8 Å². The van der Waals surface area contributed by atoms with E-state index in [9.17, 15) is 22.9 Å². The molecule has 6 nitrogen and oxygen atoms in total. The number of carbonyl (C=O) groups is 1. The molecule has 1 saturated heterocycles. The lowest BCUT2D eigenvalue weighted by Gasteiger charge is -2.27. The molecule has 1 aliphatic heterocycles. The summed E-state index contributed by atoms with van der Waals surface area (Å²) in [6, 6.07) is 20.5. The molecule has 0 radical (unpaired) electrons. The van der Waals surface area contributed by atoms with Crippen LogP contribution in [0.25, 0.3) is 0 Å². The summed E-state index contributed by atoms with van der Waals surface area (Å²) in [7, 11) is -4.00. The molecule has 172 valence electrons. The number of nitrogens with one attached hydrogen (secondary N) is 1. The summed E-state index contributed by atoms with van der Waals surface area (Å²) in [5.74, 6) is -1.65. The summed E-state index contributed by atoms with van der Waals surface area (Å²) < 4.78 is 40.0. The van der Waals surface area contributed by atoms with Gasteiger partial charge in [0.15, 0.2) is 14.9 Å². The van der Waals surface area contributed by atoms with Gasteiger partial charge in [-0.05, 0) is 72.7 Å². The molecule has 1 heterocycles. The number of nitriles is 1. The lowest BCUT2D eigenvalue weighted by atomic mass is 9.92. The van der Waals surface area contributed by atoms with Gasteiger partial charge in [-0.15, -0.1) is 0 Å². The van der Waals surface area contributed by atoms with Crippen molar-refractivity contribution < 1.29 is 17.6 Å². The normalized spacial score (nSPS) is 18.0. The van der Waals surface area contributed by atoms with Crippen molar-refractivity contribution in [1.29, 1.82) is 5.26 Å². The molecule has 0 spiro atoms. The monoisotopic (exact) mass is 493 g/mol. The predicted octanol–water partition coefficient (Wildman–Crippen LogP) is 3.68. The fourth-order valence-electron chi connectivity index (χ4n) is 4.03. The second-order valence-corrected chi connectivity index (χ2v) is 10.5. The van der Waals surface area contributed by atoms with Crippen molar-refractivity contribution in [3.05, 3.63) is 95.3 Å². The van der Waals surface area contributed by atoms with Crippen LogP contribution in [-0.2, 0) is 21.1 Å². The molecule has 1 aliphatic rings. The zero-order chi connectivity index (χ0) is 24.5. The number of nitrogens with zero attached hydrogens (tertiary/aromatic N) is 2. The average Bonchev–Trinajstić information content (AvgIpc) is 3.03. The first-order chi connectivity index (χ1) is 16.1. The highest BCUT2D eigenvalue weighted by atomic mass is 32.2. The highest BCUT2D eigenvalue weighted by molar-refractivity contribution is 7.91. The quantitative estimate of drug-likeness (QED) is 0.416. The molecule has 0 bridgehead atoms. The van der Waals surface area contributed by atoms with Crippen LogP contribution in [0.2, 0.25) is 0 Å². The van der Waals surface area contributed by atoms with Crippen LogP contribution >= 0.6 is 12.2 Å². The topological polar surface area (TPSA) is 90.3 Å². The fourth-order valence-corrected chi connectivity index (χ4v) is 6.08. The molecule has 9 heteroatoms. The molecule has 34 heavy (non-hydrogen) atoms. The van der Waals surface area contributed by atoms with Crippen LogP contribution in [0.1, 0.15) is 16.7 Å². The number of rotatable bonds is 6. The summed E-state index contributed by atoms with van der Waals surface area (Å²) in [6.07, 6.45) is 0.0685. The molecule has 1 fully saturated rings. The lowest BCUT2D eigenvalue weighted by Crippen LogP contribution is -2.54. The third kappa shape index (κ3) is 4.42. The van der Waals surface area contributed by atoms with Gasteiger partial charge in [0.1, 0.15) is 11.4 Å². The van der Waals surface area contributed by atoms with E-state index >= 15 is 0 Å². The maximum absolute atomic E-state index is 13.9. The Morgan fingerprint density at radius 2 is 1.76 bits per heavy atom. The number of benzene rings is 3. The van der Waals surface area contributed by atoms with Crippen molar-refractivity contribution in [1.82, 2.24) is 5.32 Å². The summed E-state index contributed by atoms with van der Waals surface area (Å²) in [5.41, 5.74) is 0.734. The Labute approximate surface area is 202 Å². The highest BCUT2D eigenvalue weighted by Gasteiger charge is 2.52. The van der Waals surface area contributed by atoms with E-state index in [1.54, 1.807) is 49.4 Å². The molecule has 0 saturated carbocycles. The SMILES string of the molecule is Cc1cc(N2C(=O)[C@](Cc3ccccc3)(CS(=O)(=O)c3ccc(F)cc3)NC2=S)ccc1C#N. The van der Waals surface area contributed by atoms with Crippen LogP contribution < -0.4 is 10.2 Å². The summed E-state index contributed by atoms with van der Waals surface area (Å²) in [5, 5.41) is 12.3. The van der Waals surface area contributed by atoms with E-state index in [1.807, 2.05) is 6.07 Å². The van der Waals surface area contributed by atoms with Crippen LogP contribution in [0.4, 0.5) is 10.1 Å². The number of anilines is 1. The Balaban J connectivity index is 1.78. The molecule has 3 aromatic rings. The number of thiocarbonyl (C=S) groups is 1. The first-order valence-corrected chi connectivity index (χ1v) is 12.4. The maximum atomic E-state index is 13.9. The number of halogens is 1. The highest BCUT2D eigenvalue weighted by Crippen LogP contribution is 2.32. The van der Waals surface area contributed by atoms with Crippen LogP contribution in [-0.4, -0.2) is 30.7 Å². The van der Waals surface area contributed by atoms with Crippen molar-refractivity contribution >= 4 is 38.8 Å². The first-order valence-electron chi connectivity index (χ1n) is 10.3. The zero-order valence-electron chi connectivity index (χ0n) is 18.2. The number of amides is 1. The van der Waals surface area contributed by atoms with Gasteiger partial charge in [-0.1, -0.05) is 30.3 Å². The van der Waals surface area contributed by atoms with Gasteiger partial charge in [0.25, 0.3) is 5.91 Å². The maximum Gasteiger partial charge on any atom is 0.260 e. The standard InChI is InChI=1S/C25H20FN3O3S2/c1-17-13-21(10-7-19(17)15-27)29-23(30)25(28-24(29)33,14-18-5-3-2-4-6-18)16-34(31,32)22-11-8-20(26)9-12-22/h2-13H,14,16H2,1H3,(H,28,33)/t25-/m0/s1. The van der Waals surface area contributed by atoms with Crippen molar-refractivity contribution in [3.63, 3.8) is 0 Å². The van der Waals surface area contributed by atoms with Crippen LogP contribution in [0.15, 0.2) is 77.7 Å². The second kappa shape index (κ2) is 8.97. The van der Waals surface area contributed by atoms with E-state index in [0.29, 0.717) is 16.8 Å². The number of aryl methyl sites for hydroxylation is 1. The largest absolute Gasteiger partial charge is 0.346 e. The van der Waals surface area contributed by atoms with Gasteiger partial charge in [-0.3, -0.25) is 9.69 Å². The minimum atomic E-state index is -4.00. The third-order valence-electron chi connectivity index (χ3n) is 5.71. The van der Waals surface area contributed by atoms with Gasteiger partial charge >= 0.3 is 0 Å². The number of sulfone groups is 1. The van der Waals surface area contributed by atoms with Gasteiger partial charge in [-0.2, -0.15) is 5.26 Å². The molecule has 4 rings (SSSR count). The van der Waals surface area contributed by atoms with Gasteiger partial charge < -0.3 is 5.32 Å². The van der Waals surface area contributed by atoms with Crippen LogP contribution in [0.5, 0.6) is 0 Å². The molecule has 0 unspecified atom stereocenters. The van der Waals surface area contributed by atoms with Crippen molar-refractivity contribution in [2.45, 2.75) is 23.8 Å². The van der Waals surface area contributed by atoms with Crippen molar-refractivity contribution in [3.8, 4) is 6.07 Å². The van der Waals surface area contributed by atoms with E-state index in [4.69, 9.17) is 12.2 Å². The summed E-state index contributed by atoms with van der Waals surface area (Å²) in [4.78, 5) is 15.0. The fraction of sp³-hybridized carbons (Fsp3) is 0.160. The predicted molar refractivity (Wildman–Crippen MR) is 130 cm³/mol. The van der Waals surface area contributed by atoms with E-state index < -0.39 is 32.9 Å². The van der Waals surface area contributed by atoms with Crippen molar-refractivity contribution in [2.75, 3.05) is 10.7 Å². The Bertz CT molecular complexity index is 1420. The molecule has 3 aromatic carbocycles. The summed E-state index contributed by atoms with van der Waals surface area (Å²) in [6.45, 7) is 1.75. The van der Waals surface area contributed by atoms with E-state index in [0.717, 1.165) is 17.7 Å². The Hall–Kier alpha value is -3.61.